The Morgan fingerprint density at radius 2 is 1.42 bits per heavy atom. The minimum absolute atomic E-state index is 0.00814. The fraction of sp³-hybridized carbons (Fsp3) is 0. The number of hydrogen-bond acceptors (Lipinski definition) is 3. The maximum absolute atomic E-state index is 13.1. The minimum atomic E-state index is -0.238. The highest BCUT2D eigenvalue weighted by Gasteiger charge is 2.35. The summed E-state index contributed by atoms with van der Waals surface area (Å²) in [7, 11) is 0. The second-order valence-corrected chi connectivity index (χ2v) is 5.94. The maximum atomic E-state index is 13.1. The number of phenolic OH excluding ortho intramolecular Hbond substituents is 1. The number of aromatic nitrogens is 1. The van der Waals surface area contributed by atoms with E-state index in [1.54, 1.807) is 24.3 Å². The molecule has 0 bridgehead atoms. The summed E-state index contributed by atoms with van der Waals surface area (Å²) in [6, 6.07) is 15.8. The molecule has 4 nitrogen and oxygen atoms in total. The number of fused-ring (bicyclic) bond motifs is 6. The molecule has 1 heterocycles. The summed E-state index contributed by atoms with van der Waals surface area (Å²) in [4.78, 5) is 29.2. The van der Waals surface area contributed by atoms with Gasteiger partial charge in [-0.1, -0.05) is 42.5 Å². The average Bonchev–Trinajstić information content (AvgIpc) is 3.00. The van der Waals surface area contributed by atoms with E-state index in [4.69, 9.17) is 0 Å². The van der Waals surface area contributed by atoms with Crippen molar-refractivity contribution < 1.29 is 14.7 Å². The van der Waals surface area contributed by atoms with Crippen molar-refractivity contribution >= 4 is 33.2 Å². The van der Waals surface area contributed by atoms with Gasteiger partial charge in [-0.3, -0.25) is 9.59 Å². The van der Waals surface area contributed by atoms with Gasteiger partial charge in [0, 0.05) is 27.4 Å². The highest BCUT2D eigenvalue weighted by molar-refractivity contribution is 6.35. The Hall–Kier alpha value is -3.40. The van der Waals surface area contributed by atoms with Gasteiger partial charge in [0.25, 0.3) is 0 Å². The van der Waals surface area contributed by atoms with E-state index in [0.717, 1.165) is 10.9 Å². The third-order valence-electron chi connectivity index (χ3n) is 4.65. The summed E-state index contributed by atoms with van der Waals surface area (Å²) in [5, 5.41) is 12.2. The highest BCUT2D eigenvalue weighted by atomic mass is 16.3. The number of hydrogen-bond donors (Lipinski definition) is 2. The number of nitrogens with one attached hydrogen (secondary N) is 1. The molecule has 0 saturated carbocycles. The number of aromatic amines is 1. The maximum Gasteiger partial charge on any atom is 0.211 e. The van der Waals surface area contributed by atoms with E-state index >= 15 is 0 Å². The molecule has 0 aliphatic heterocycles. The van der Waals surface area contributed by atoms with Crippen LogP contribution >= 0.6 is 0 Å². The van der Waals surface area contributed by atoms with Gasteiger partial charge in [-0.25, -0.2) is 0 Å². The van der Waals surface area contributed by atoms with Gasteiger partial charge in [0.2, 0.25) is 5.78 Å². The molecule has 0 amide bonds. The van der Waals surface area contributed by atoms with Crippen molar-refractivity contribution in [1.82, 2.24) is 4.98 Å². The highest BCUT2D eigenvalue weighted by Crippen LogP contribution is 2.38. The van der Waals surface area contributed by atoms with E-state index in [2.05, 4.69) is 4.98 Å². The van der Waals surface area contributed by atoms with Crippen molar-refractivity contribution in [2.45, 2.75) is 0 Å². The van der Waals surface area contributed by atoms with E-state index in [0.29, 0.717) is 27.6 Å². The molecule has 3 aromatic carbocycles. The lowest BCUT2D eigenvalue weighted by Gasteiger charge is -2.17. The van der Waals surface area contributed by atoms with Crippen molar-refractivity contribution in [1.29, 1.82) is 0 Å². The summed E-state index contributed by atoms with van der Waals surface area (Å²) in [6.07, 6.45) is 0. The molecule has 0 radical (unpaired) electrons. The number of aromatic hydroxyl groups is 1. The van der Waals surface area contributed by atoms with Gasteiger partial charge in [0.1, 0.15) is 5.75 Å². The van der Waals surface area contributed by atoms with Crippen molar-refractivity contribution in [2.24, 2.45) is 0 Å². The van der Waals surface area contributed by atoms with Crippen LogP contribution in [0.4, 0.5) is 0 Å². The zero-order valence-electron chi connectivity index (χ0n) is 12.5. The Morgan fingerprint density at radius 3 is 2.21 bits per heavy atom. The van der Waals surface area contributed by atoms with Gasteiger partial charge in [-0.15, -0.1) is 0 Å². The van der Waals surface area contributed by atoms with Crippen molar-refractivity contribution in [3.8, 4) is 5.75 Å². The summed E-state index contributed by atoms with van der Waals surface area (Å²) in [6.45, 7) is 0. The quantitative estimate of drug-likeness (QED) is 0.457. The van der Waals surface area contributed by atoms with Crippen LogP contribution in [-0.2, 0) is 0 Å². The molecule has 1 aliphatic carbocycles. The molecular formula is C20H11NO3. The number of carbonyl (C=O) groups excluding carboxylic acids is 2. The Labute approximate surface area is 136 Å². The van der Waals surface area contributed by atoms with E-state index in [9.17, 15) is 14.7 Å². The fourth-order valence-electron chi connectivity index (χ4n) is 3.59. The molecule has 1 aliphatic rings. The fourth-order valence-corrected chi connectivity index (χ4v) is 3.59. The first-order valence-electron chi connectivity index (χ1n) is 7.61. The molecule has 4 aromatic rings. The van der Waals surface area contributed by atoms with Crippen LogP contribution in [0.2, 0.25) is 0 Å². The zero-order valence-corrected chi connectivity index (χ0v) is 12.5. The minimum Gasteiger partial charge on any atom is -0.507 e. The molecule has 114 valence electrons. The predicted molar refractivity (Wildman–Crippen MR) is 90.8 cm³/mol. The third kappa shape index (κ3) is 1.47. The van der Waals surface area contributed by atoms with Crippen LogP contribution < -0.4 is 0 Å². The number of para-hydroxylation sites is 1. The Balaban J connectivity index is 1.94. The van der Waals surface area contributed by atoms with E-state index < -0.39 is 0 Å². The van der Waals surface area contributed by atoms with Gasteiger partial charge in [0.15, 0.2) is 5.78 Å². The monoisotopic (exact) mass is 313 g/mol. The van der Waals surface area contributed by atoms with Gasteiger partial charge < -0.3 is 10.1 Å². The molecule has 1 aromatic heterocycles. The van der Waals surface area contributed by atoms with Crippen LogP contribution in [0.5, 0.6) is 5.75 Å². The first kappa shape index (κ1) is 13.1. The molecule has 5 rings (SSSR count). The van der Waals surface area contributed by atoms with Crippen LogP contribution in [0.25, 0.3) is 21.7 Å². The number of phenols is 1. The van der Waals surface area contributed by atoms with E-state index in [1.165, 1.54) is 6.07 Å². The topological polar surface area (TPSA) is 70.2 Å². The number of H-pyrrole nitrogens is 1. The zero-order chi connectivity index (χ0) is 16.4. The SMILES string of the molecule is O=C1c2cc(O)c3ccccc3c2C(=O)c2[nH]c3ccccc3c21. The molecule has 2 N–H and O–H groups in total. The van der Waals surface area contributed by atoms with Crippen LogP contribution in [0.3, 0.4) is 0 Å². The lowest BCUT2D eigenvalue weighted by Crippen LogP contribution is -2.20. The van der Waals surface area contributed by atoms with E-state index in [1.807, 2.05) is 24.3 Å². The lowest BCUT2D eigenvalue weighted by molar-refractivity contribution is 0.0979. The van der Waals surface area contributed by atoms with Crippen molar-refractivity contribution in [3.63, 3.8) is 0 Å². The summed E-state index contributed by atoms with van der Waals surface area (Å²) >= 11 is 0. The van der Waals surface area contributed by atoms with Crippen LogP contribution in [-0.4, -0.2) is 21.7 Å². The molecule has 0 fully saturated rings. The summed E-state index contributed by atoms with van der Waals surface area (Å²) in [5.41, 5.74) is 2.08. The first-order valence-corrected chi connectivity index (χ1v) is 7.61. The van der Waals surface area contributed by atoms with Crippen LogP contribution in [0.15, 0.2) is 54.6 Å². The summed E-state index contributed by atoms with van der Waals surface area (Å²) in [5.74, 6) is -0.445. The molecular weight excluding hydrogens is 302 g/mol. The largest absolute Gasteiger partial charge is 0.507 e. The average molecular weight is 313 g/mol. The lowest BCUT2D eigenvalue weighted by atomic mass is 9.83. The van der Waals surface area contributed by atoms with Crippen LogP contribution in [0.1, 0.15) is 32.0 Å². The molecule has 4 heteroatoms. The van der Waals surface area contributed by atoms with Gasteiger partial charge in [-0.05, 0) is 17.5 Å². The van der Waals surface area contributed by atoms with Crippen LogP contribution in [0, 0.1) is 0 Å². The van der Waals surface area contributed by atoms with Gasteiger partial charge in [0.05, 0.1) is 11.3 Å². The van der Waals surface area contributed by atoms with Crippen molar-refractivity contribution in [3.05, 3.63) is 77.0 Å². The van der Waals surface area contributed by atoms with E-state index in [-0.39, 0.29) is 22.9 Å². The molecule has 24 heavy (non-hydrogen) atoms. The Bertz CT molecular complexity index is 1200. The smallest absolute Gasteiger partial charge is 0.211 e. The van der Waals surface area contributed by atoms with Gasteiger partial charge >= 0.3 is 0 Å². The molecule has 0 unspecified atom stereocenters. The Kier molecular flexibility index (Phi) is 2.36. The number of ketones is 2. The standard InChI is InChI=1S/C20H11NO3/c22-15-9-13-16(11-6-2-1-5-10(11)15)20(24)18-17(19(13)23)12-7-3-4-8-14(12)21-18/h1-9,21-22H. The summed E-state index contributed by atoms with van der Waals surface area (Å²) < 4.78 is 0. The molecule has 0 spiro atoms. The number of carbonyl (C=O) groups is 2. The molecule has 0 saturated heterocycles. The number of rotatable bonds is 0. The number of benzene rings is 3. The normalized spacial score (nSPS) is 13.3. The Morgan fingerprint density at radius 1 is 0.750 bits per heavy atom. The second-order valence-electron chi connectivity index (χ2n) is 5.94. The second kappa shape index (κ2) is 4.32. The predicted octanol–water partition coefficient (Wildman–Crippen LogP) is 3.80. The third-order valence-corrected chi connectivity index (χ3v) is 4.65. The van der Waals surface area contributed by atoms with Gasteiger partial charge in [-0.2, -0.15) is 0 Å². The van der Waals surface area contributed by atoms with Crippen molar-refractivity contribution in [2.75, 3.05) is 0 Å². The first-order chi connectivity index (χ1) is 11.7. The molecule has 0 atom stereocenters.